The fourth-order valence-corrected chi connectivity index (χ4v) is 1.55. The van der Waals surface area contributed by atoms with Gasteiger partial charge in [-0.05, 0) is 18.6 Å². The topological polar surface area (TPSA) is 73.6 Å². The predicted molar refractivity (Wildman–Crippen MR) is 72.1 cm³/mol. The minimum atomic E-state index is -4.35. The van der Waals surface area contributed by atoms with Crippen LogP contribution in [0.25, 0.3) is 0 Å². The Morgan fingerprint density at radius 2 is 2.10 bits per heavy atom. The summed E-state index contributed by atoms with van der Waals surface area (Å²) in [7, 11) is 1.44. The van der Waals surface area contributed by atoms with E-state index in [9.17, 15) is 18.0 Å². The van der Waals surface area contributed by atoms with Gasteiger partial charge in [-0.25, -0.2) is 0 Å². The lowest BCUT2D eigenvalue weighted by Gasteiger charge is -2.11. The molecule has 0 aliphatic heterocycles. The molecule has 0 aliphatic carbocycles. The van der Waals surface area contributed by atoms with E-state index in [1.807, 2.05) is 0 Å². The maximum atomic E-state index is 11.8. The van der Waals surface area contributed by atoms with Gasteiger partial charge in [-0.3, -0.25) is 4.79 Å². The van der Waals surface area contributed by atoms with E-state index >= 15 is 0 Å². The molecule has 0 radical (unpaired) electrons. The third-order valence-corrected chi connectivity index (χ3v) is 2.46. The standard InChI is InChI=1S/C13H17F3N2O3/c1-20-11-7-9(17)4-5-10(11)18-12(19)3-2-6-21-8-13(14,15)16/h4-5,7H,2-3,6,8,17H2,1H3,(H,18,19). The molecule has 0 saturated heterocycles. The molecule has 1 aromatic carbocycles. The number of ether oxygens (including phenoxy) is 2. The molecule has 0 aromatic heterocycles. The van der Waals surface area contributed by atoms with Gasteiger partial charge in [-0.15, -0.1) is 0 Å². The largest absolute Gasteiger partial charge is 0.494 e. The van der Waals surface area contributed by atoms with Crippen molar-refractivity contribution >= 4 is 17.3 Å². The van der Waals surface area contributed by atoms with Gasteiger partial charge >= 0.3 is 6.18 Å². The van der Waals surface area contributed by atoms with Gasteiger partial charge < -0.3 is 20.5 Å². The highest BCUT2D eigenvalue weighted by Crippen LogP contribution is 2.26. The number of rotatable bonds is 7. The van der Waals surface area contributed by atoms with Crippen molar-refractivity contribution < 1.29 is 27.4 Å². The fraction of sp³-hybridized carbons (Fsp3) is 0.462. The quantitative estimate of drug-likeness (QED) is 0.600. The number of alkyl halides is 3. The lowest BCUT2D eigenvalue weighted by atomic mass is 10.2. The van der Waals surface area contributed by atoms with E-state index in [1.165, 1.54) is 7.11 Å². The van der Waals surface area contributed by atoms with Gasteiger partial charge in [0, 0.05) is 24.8 Å². The smallest absolute Gasteiger partial charge is 0.411 e. The highest BCUT2D eigenvalue weighted by molar-refractivity contribution is 5.92. The van der Waals surface area contributed by atoms with Crippen LogP contribution in [0.1, 0.15) is 12.8 Å². The average Bonchev–Trinajstić information content (AvgIpc) is 2.39. The molecule has 0 fully saturated rings. The Hall–Kier alpha value is -1.96. The van der Waals surface area contributed by atoms with E-state index in [2.05, 4.69) is 10.1 Å². The second-order valence-electron chi connectivity index (χ2n) is 4.28. The minimum Gasteiger partial charge on any atom is -0.494 e. The van der Waals surface area contributed by atoms with E-state index < -0.39 is 12.8 Å². The molecule has 1 amide bonds. The molecular formula is C13H17F3N2O3. The number of amides is 1. The van der Waals surface area contributed by atoms with E-state index in [1.54, 1.807) is 18.2 Å². The molecule has 5 nitrogen and oxygen atoms in total. The predicted octanol–water partition coefficient (Wildman–Crippen LogP) is 2.58. The normalized spacial score (nSPS) is 11.2. The molecule has 3 N–H and O–H groups in total. The van der Waals surface area contributed by atoms with E-state index in [0.717, 1.165) is 0 Å². The summed E-state index contributed by atoms with van der Waals surface area (Å²) in [5.41, 5.74) is 6.52. The van der Waals surface area contributed by atoms with Gasteiger partial charge in [0.1, 0.15) is 12.4 Å². The number of hydrogen-bond acceptors (Lipinski definition) is 4. The summed E-state index contributed by atoms with van der Waals surface area (Å²) in [6.45, 7) is -1.44. The number of nitrogens with two attached hydrogens (primary N) is 1. The molecule has 0 aliphatic rings. The van der Waals surface area contributed by atoms with Crippen LogP contribution < -0.4 is 15.8 Å². The molecular weight excluding hydrogens is 289 g/mol. The fourth-order valence-electron chi connectivity index (χ4n) is 1.55. The van der Waals surface area contributed by atoms with Crippen molar-refractivity contribution in [3.63, 3.8) is 0 Å². The van der Waals surface area contributed by atoms with E-state index in [4.69, 9.17) is 10.5 Å². The van der Waals surface area contributed by atoms with Crippen LogP contribution >= 0.6 is 0 Å². The number of methoxy groups -OCH3 is 1. The number of benzene rings is 1. The molecule has 0 spiro atoms. The molecule has 0 saturated carbocycles. The Morgan fingerprint density at radius 1 is 1.38 bits per heavy atom. The van der Waals surface area contributed by atoms with Gasteiger partial charge in [-0.1, -0.05) is 0 Å². The van der Waals surface area contributed by atoms with Crippen molar-refractivity contribution in [3.8, 4) is 5.75 Å². The third-order valence-electron chi connectivity index (χ3n) is 2.46. The first-order valence-electron chi connectivity index (χ1n) is 6.19. The van der Waals surface area contributed by atoms with Crippen molar-refractivity contribution in [3.05, 3.63) is 18.2 Å². The SMILES string of the molecule is COc1cc(N)ccc1NC(=O)CCCOCC(F)(F)F. The van der Waals surface area contributed by atoms with E-state index in [-0.39, 0.29) is 25.4 Å². The summed E-state index contributed by atoms with van der Waals surface area (Å²) >= 11 is 0. The molecule has 0 atom stereocenters. The van der Waals surface area contributed by atoms with Gasteiger partial charge in [0.05, 0.1) is 12.8 Å². The lowest BCUT2D eigenvalue weighted by molar-refractivity contribution is -0.174. The molecule has 8 heteroatoms. The van der Waals surface area contributed by atoms with Crippen molar-refractivity contribution in [2.45, 2.75) is 19.0 Å². The van der Waals surface area contributed by atoms with Gasteiger partial charge in [-0.2, -0.15) is 13.2 Å². The number of nitrogens with one attached hydrogen (secondary N) is 1. The van der Waals surface area contributed by atoms with Crippen LogP contribution in [0.4, 0.5) is 24.5 Å². The van der Waals surface area contributed by atoms with Crippen LogP contribution in [0.2, 0.25) is 0 Å². The van der Waals surface area contributed by atoms with Crippen LogP contribution in [0.15, 0.2) is 18.2 Å². The maximum absolute atomic E-state index is 11.8. The van der Waals surface area contributed by atoms with E-state index in [0.29, 0.717) is 17.1 Å². The second-order valence-corrected chi connectivity index (χ2v) is 4.28. The zero-order valence-corrected chi connectivity index (χ0v) is 11.5. The molecule has 1 rings (SSSR count). The summed E-state index contributed by atoms with van der Waals surface area (Å²) < 4.78 is 44.9. The number of carbonyl (C=O) groups is 1. The zero-order valence-electron chi connectivity index (χ0n) is 11.5. The second kappa shape index (κ2) is 7.72. The Bertz CT molecular complexity index is 478. The van der Waals surface area contributed by atoms with Crippen LogP contribution in [0.3, 0.4) is 0 Å². The molecule has 0 unspecified atom stereocenters. The van der Waals surface area contributed by atoms with Crippen LogP contribution in [0.5, 0.6) is 5.75 Å². The van der Waals surface area contributed by atoms with Crippen LogP contribution in [-0.2, 0) is 9.53 Å². The van der Waals surface area contributed by atoms with Crippen molar-refractivity contribution in [1.29, 1.82) is 0 Å². The zero-order chi connectivity index (χ0) is 15.9. The minimum absolute atomic E-state index is 0.0470. The summed E-state index contributed by atoms with van der Waals surface area (Å²) in [4.78, 5) is 11.6. The highest BCUT2D eigenvalue weighted by atomic mass is 19.4. The van der Waals surface area contributed by atoms with Crippen LogP contribution in [-0.4, -0.2) is 32.4 Å². The third kappa shape index (κ3) is 6.84. The monoisotopic (exact) mass is 306 g/mol. The average molecular weight is 306 g/mol. The van der Waals surface area contributed by atoms with Gasteiger partial charge in [0.2, 0.25) is 5.91 Å². The Kier molecular flexibility index (Phi) is 6.29. The summed E-state index contributed by atoms with van der Waals surface area (Å²) in [6.07, 6.45) is -4.11. The number of carbonyl (C=O) groups excluding carboxylic acids is 1. The van der Waals surface area contributed by atoms with Gasteiger partial charge in [0.15, 0.2) is 0 Å². The Morgan fingerprint density at radius 3 is 2.71 bits per heavy atom. The highest BCUT2D eigenvalue weighted by Gasteiger charge is 2.27. The molecule has 1 aromatic rings. The first-order valence-corrected chi connectivity index (χ1v) is 6.19. The summed E-state index contributed by atoms with van der Waals surface area (Å²) in [5.74, 6) is 0.0744. The van der Waals surface area contributed by atoms with Crippen molar-refractivity contribution in [2.24, 2.45) is 0 Å². The first kappa shape index (κ1) is 17.1. The molecule has 0 bridgehead atoms. The summed E-state index contributed by atoms with van der Waals surface area (Å²) in [5, 5.41) is 2.60. The van der Waals surface area contributed by atoms with Gasteiger partial charge in [0.25, 0.3) is 0 Å². The molecule has 118 valence electrons. The molecule has 0 heterocycles. The van der Waals surface area contributed by atoms with Crippen molar-refractivity contribution in [1.82, 2.24) is 0 Å². The number of nitrogen functional groups attached to an aromatic ring is 1. The maximum Gasteiger partial charge on any atom is 0.411 e. The van der Waals surface area contributed by atoms with Crippen LogP contribution in [0, 0.1) is 0 Å². The number of anilines is 2. The number of hydrogen-bond donors (Lipinski definition) is 2. The lowest BCUT2D eigenvalue weighted by Crippen LogP contribution is -2.18. The molecule has 21 heavy (non-hydrogen) atoms. The summed E-state index contributed by atoms with van der Waals surface area (Å²) in [6, 6.07) is 4.75. The Labute approximate surface area is 120 Å². The van der Waals surface area contributed by atoms with Crippen molar-refractivity contribution in [2.75, 3.05) is 31.4 Å². The Balaban J connectivity index is 2.34. The number of halogens is 3. The first-order chi connectivity index (χ1) is 9.81.